The maximum atomic E-state index is 12.0. The number of carbonyl (C=O) groups excluding carboxylic acids is 1. The summed E-state index contributed by atoms with van der Waals surface area (Å²) >= 11 is 6.08. The van der Waals surface area contributed by atoms with E-state index in [0.717, 1.165) is 24.4 Å². The van der Waals surface area contributed by atoms with Crippen molar-refractivity contribution in [1.29, 1.82) is 0 Å². The second-order valence-electron chi connectivity index (χ2n) is 5.92. The molecule has 0 spiro atoms. The van der Waals surface area contributed by atoms with Crippen LogP contribution in [0.2, 0.25) is 5.02 Å². The summed E-state index contributed by atoms with van der Waals surface area (Å²) in [7, 11) is 0. The lowest BCUT2D eigenvalue weighted by Gasteiger charge is -2.17. The first-order chi connectivity index (χ1) is 10.1. The molecule has 1 aliphatic rings. The lowest BCUT2D eigenvalue weighted by Crippen LogP contribution is -2.37. The SMILES string of the molecule is Cc1ccc(Cl)c(OC(C)C(=O)NCCC2CCCC2)c1. The molecule has 0 aromatic heterocycles. The third-order valence-corrected chi connectivity index (χ3v) is 4.40. The number of aryl methyl sites for hydroxylation is 1. The number of nitrogens with one attached hydrogen (secondary N) is 1. The second kappa shape index (κ2) is 7.69. The van der Waals surface area contributed by atoms with Gasteiger partial charge in [-0.15, -0.1) is 0 Å². The summed E-state index contributed by atoms with van der Waals surface area (Å²) < 4.78 is 5.67. The van der Waals surface area contributed by atoms with Crippen molar-refractivity contribution in [2.24, 2.45) is 5.92 Å². The predicted octanol–water partition coefficient (Wildman–Crippen LogP) is 4.11. The Kier molecular flexibility index (Phi) is 5.92. The van der Waals surface area contributed by atoms with Crippen molar-refractivity contribution in [1.82, 2.24) is 5.32 Å². The van der Waals surface area contributed by atoms with E-state index < -0.39 is 6.10 Å². The normalized spacial score (nSPS) is 16.7. The van der Waals surface area contributed by atoms with Crippen LogP contribution in [-0.4, -0.2) is 18.6 Å². The predicted molar refractivity (Wildman–Crippen MR) is 85.9 cm³/mol. The van der Waals surface area contributed by atoms with Gasteiger partial charge in [0.1, 0.15) is 5.75 Å². The Balaban J connectivity index is 1.77. The number of halogens is 1. The van der Waals surface area contributed by atoms with E-state index in [2.05, 4.69) is 5.32 Å². The maximum absolute atomic E-state index is 12.0. The van der Waals surface area contributed by atoms with Crippen LogP contribution in [0.25, 0.3) is 0 Å². The quantitative estimate of drug-likeness (QED) is 0.858. The van der Waals surface area contributed by atoms with Gasteiger partial charge >= 0.3 is 0 Å². The van der Waals surface area contributed by atoms with Gasteiger partial charge in [0.05, 0.1) is 5.02 Å². The summed E-state index contributed by atoms with van der Waals surface area (Å²) in [6.45, 7) is 4.46. The number of carbonyl (C=O) groups is 1. The Morgan fingerprint density at radius 3 is 2.86 bits per heavy atom. The first-order valence-corrected chi connectivity index (χ1v) is 8.14. The number of hydrogen-bond acceptors (Lipinski definition) is 2. The van der Waals surface area contributed by atoms with Crippen molar-refractivity contribution in [2.45, 2.75) is 52.1 Å². The molecule has 0 aliphatic heterocycles. The van der Waals surface area contributed by atoms with E-state index in [0.29, 0.717) is 10.8 Å². The summed E-state index contributed by atoms with van der Waals surface area (Å²) in [4.78, 5) is 12.0. The number of rotatable bonds is 6. The molecule has 1 saturated carbocycles. The third-order valence-electron chi connectivity index (χ3n) is 4.09. The first-order valence-electron chi connectivity index (χ1n) is 7.77. The molecule has 1 unspecified atom stereocenters. The van der Waals surface area contributed by atoms with Crippen LogP contribution in [0.5, 0.6) is 5.75 Å². The molecule has 1 aromatic carbocycles. The molecule has 4 heteroatoms. The molecule has 116 valence electrons. The van der Waals surface area contributed by atoms with Crippen LogP contribution in [0.4, 0.5) is 0 Å². The number of amides is 1. The van der Waals surface area contributed by atoms with Gasteiger partial charge in [-0.2, -0.15) is 0 Å². The van der Waals surface area contributed by atoms with Crippen molar-refractivity contribution in [3.05, 3.63) is 28.8 Å². The van der Waals surface area contributed by atoms with Gasteiger partial charge in [0.15, 0.2) is 6.10 Å². The van der Waals surface area contributed by atoms with E-state index in [1.165, 1.54) is 25.7 Å². The zero-order chi connectivity index (χ0) is 15.2. The molecule has 1 N–H and O–H groups in total. The van der Waals surface area contributed by atoms with Gasteiger partial charge in [-0.1, -0.05) is 43.4 Å². The topological polar surface area (TPSA) is 38.3 Å². The van der Waals surface area contributed by atoms with Crippen LogP contribution < -0.4 is 10.1 Å². The summed E-state index contributed by atoms with van der Waals surface area (Å²) in [6, 6.07) is 5.56. The molecule has 0 bridgehead atoms. The zero-order valence-electron chi connectivity index (χ0n) is 12.8. The molecule has 1 fully saturated rings. The van der Waals surface area contributed by atoms with E-state index in [-0.39, 0.29) is 5.91 Å². The Morgan fingerprint density at radius 1 is 1.43 bits per heavy atom. The summed E-state index contributed by atoms with van der Waals surface area (Å²) in [6.07, 6.45) is 5.83. The van der Waals surface area contributed by atoms with Gasteiger partial charge in [-0.05, 0) is 43.9 Å². The Hall–Kier alpha value is -1.22. The van der Waals surface area contributed by atoms with Crippen LogP contribution in [0.3, 0.4) is 0 Å². The second-order valence-corrected chi connectivity index (χ2v) is 6.33. The van der Waals surface area contributed by atoms with Gasteiger partial charge in [0.2, 0.25) is 0 Å². The average Bonchev–Trinajstić information content (AvgIpc) is 2.96. The van der Waals surface area contributed by atoms with Crippen LogP contribution >= 0.6 is 11.6 Å². The lowest BCUT2D eigenvalue weighted by atomic mass is 10.0. The molecule has 21 heavy (non-hydrogen) atoms. The minimum atomic E-state index is -0.534. The summed E-state index contributed by atoms with van der Waals surface area (Å²) in [5.74, 6) is 1.27. The molecular weight excluding hydrogens is 286 g/mol. The highest BCUT2D eigenvalue weighted by Crippen LogP contribution is 2.27. The first kappa shape index (κ1) is 16.2. The van der Waals surface area contributed by atoms with Crippen molar-refractivity contribution < 1.29 is 9.53 Å². The summed E-state index contributed by atoms with van der Waals surface area (Å²) in [5, 5.41) is 3.49. The minimum Gasteiger partial charge on any atom is -0.479 e. The smallest absolute Gasteiger partial charge is 0.260 e. The van der Waals surface area contributed by atoms with Crippen LogP contribution in [0.15, 0.2) is 18.2 Å². The molecule has 1 amide bonds. The zero-order valence-corrected chi connectivity index (χ0v) is 13.6. The van der Waals surface area contributed by atoms with Crippen molar-refractivity contribution in [2.75, 3.05) is 6.54 Å². The highest BCUT2D eigenvalue weighted by atomic mass is 35.5. The molecule has 1 aliphatic carbocycles. The van der Waals surface area contributed by atoms with Crippen molar-refractivity contribution >= 4 is 17.5 Å². The number of ether oxygens (including phenoxy) is 1. The molecular formula is C17H24ClNO2. The fourth-order valence-corrected chi connectivity index (χ4v) is 2.95. The molecule has 2 rings (SSSR count). The molecule has 0 heterocycles. The Bertz CT molecular complexity index is 484. The van der Waals surface area contributed by atoms with Crippen molar-refractivity contribution in [3.8, 4) is 5.75 Å². The molecule has 0 saturated heterocycles. The fraction of sp³-hybridized carbons (Fsp3) is 0.588. The number of hydrogen-bond donors (Lipinski definition) is 1. The van der Waals surface area contributed by atoms with Crippen molar-refractivity contribution in [3.63, 3.8) is 0 Å². The third kappa shape index (κ3) is 4.92. The lowest BCUT2D eigenvalue weighted by molar-refractivity contribution is -0.127. The molecule has 3 nitrogen and oxygen atoms in total. The van der Waals surface area contributed by atoms with E-state index in [4.69, 9.17) is 16.3 Å². The highest BCUT2D eigenvalue weighted by molar-refractivity contribution is 6.32. The average molecular weight is 310 g/mol. The Morgan fingerprint density at radius 2 is 2.14 bits per heavy atom. The van der Waals surface area contributed by atoms with Gasteiger partial charge < -0.3 is 10.1 Å². The number of benzene rings is 1. The monoisotopic (exact) mass is 309 g/mol. The molecule has 0 radical (unpaired) electrons. The van der Waals surface area contributed by atoms with E-state index in [9.17, 15) is 4.79 Å². The van der Waals surface area contributed by atoms with Crippen LogP contribution in [-0.2, 0) is 4.79 Å². The largest absolute Gasteiger partial charge is 0.479 e. The Labute approximate surface area is 132 Å². The van der Waals surface area contributed by atoms with Crippen LogP contribution in [0, 0.1) is 12.8 Å². The van der Waals surface area contributed by atoms with Gasteiger partial charge in [-0.3, -0.25) is 4.79 Å². The molecule has 1 atom stereocenters. The fourth-order valence-electron chi connectivity index (χ4n) is 2.79. The highest BCUT2D eigenvalue weighted by Gasteiger charge is 2.18. The van der Waals surface area contributed by atoms with Crippen LogP contribution in [0.1, 0.15) is 44.6 Å². The summed E-state index contributed by atoms with van der Waals surface area (Å²) in [5.41, 5.74) is 1.06. The van der Waals surface area contributed by atoms with Gasteiger partial charge in [0.25, 0.3) is 5.91 Å². The minimum absolute atomic E-state index is 0.0782. The van der Waals surface area contributed by atoms with E-state index in [1.54, 1.807) is 13.0 Å². The maximum Gasteiger partial charge on any atom is 0.260 e. The van der Waals surface area contributed by atoms with Gasteiger partial charge in [-0.25, -0.2) is 0 Å². The van der Waals surface area contributed by atoms with E-state index in [1.807, 2.05) is 19.1 Å². The van der Waals surface area contributed by atoms with Gasteiger partial charge in [0, 0.05) is 6.54 Å². The molecule has 1 aromatic rings. The standard InChI is InChI=1S/C17H24ClNO2/c1-12-7-8-15(18)16(11-12)21-13(2)17(20)19-10-9-14-5-3-4-6-14/h7-8,11,13-14H,3-6,9-10H2,1-2H3,(H,19,20). The van der Waals surface area contributed by atoms with E-state index >= 15 is 0 Å².